The Balaban J connectivity index is 1.79. The van der Waals surface area contributed by atoms with E-state index >= 15 is 0 Å². The Kier molecular flexibility index (Phi) is 6.61. The third-order valence-corrected chi connectivity index (χ3v) is 4.19. The lowest BCUT2D eigenvalue weighted by atomic mass is 10.1. The van der Waals surface area contributed by atoms with Gasteiger partial charge in [-0.05, 0) is 48.9 Å². The van der Waals surface area contributed by atoms with Crippen LogP contribution in [0.25, 0.3) is 0 Å². The smallest absolute Gasteiger partial charge is 0.416 e. The predicted octanol–water partition coefficient (Wildman–Crippen LogP) is 5.94. The van der Waals surface area contributed by atoms with E-state index < -0.39 is 17.6 Å². The maximum atomic E-state index is 12.9. The monoisotopic (exact) mass is 415 g/mol. The first-order valence-corrected chi connectivity index (χ1v) is 9.29. The van der Waals surface area contributed by atoms with E-state index in [0.29, 0.717) is 18.1 Å². The van der Waals surface area contributed by atoms with Crippen molar-refractivity contribution in [2.45, 2.75) is 19.7 Å². The van der Waals surface area contributed by atoms with E-state index in [4.69, 9.17) is 9.47 Å². The van der Waals surface area contributed by atoms with Gasteiger partial charge in [0.05, 0.1) is 12.2 Å². The van der Waals surface area contributed by atoms with Crippen LogP contribution in [0.2, 0.25) is 0 Å². The highest BCUT2D eigenvalue weighted by molar-refractivity contribution is 6.04. The second kappa shape index (κ2) is 9.35. The highest BCUT2D eigenvalue weighted by Crippen LogP contribution is 2.32. The van der Waals surface area contributed by atoms with E-state index in [1.807, 2.05) is 37.3 Å². The highest BCUT2D eigenvalue weighted by Gasteiger charge is 2.30. The molecule has 0 aromatic heterocycles. The van der Waals surface area contributed by atoms with E-state index in [2.05, 4.69) is 5.32 Å². The molecule has 0 heterocycles. The van der Waals surface area contributed by atoms with Gasteiger partial charge < -0.3 is 14.8 Å². The van der Waals surface area contributed by atoms with Crippen molar-refractivity contribution in [3.8, 4) is 11.5 Å². The van der Waals surface area contributed by atoms with Gasteiger partial charge in [-0.2, -0.15) is 13.2 Å². The molecule has 1 amide bonds. The highest BCUT2D eigenvalue weighted by atomic mass is 19.4. The number of carbonyl (C=O) groups excluding carboxylic acids is 1. The quantitative estimate of drug-likeness (QED) is 0.520. The van der Waals surface area contributed by atoms with Gasteiger partial charge >= 0.3 is 6.18 Å². The third kappa shape index (κ3) is 5.53. The molecule has 0 fully saturated rings. The molecule has 0 atom stereocenters. The van der Waals surface area contributed by atoms with Crippen molar-refractivity contribution in [2.24, 2.45) is 0 Å². The van der Waals surface area contributed by atoms with Crippen LogP contribution in [0.1, 0.15) is 28.4 Å². The van der Waals surface area contributed by atoms with Crippen LogP contribution in [0.3, 0.4) is 0 Å². The zero-order chi connectivity index (χ0) is 21.6. The maximum Gasteiger partial charge on any atom is 0.416 e. The molecule has 3 aromatic rings. The van der Waals surface area contributed by atoms with Crippen molar-refractivity contribution in [1.82, 2.24) is 0 Å². The van der Waals surface area contributed by atoms with Crippen molar-refractivity contribution in [3.05, 3.63) is 89.5 Å². The van der Waals surface area contributed by atoms with Gasteiger partial charge in [-0.25, -0.2) is 0 Å². The molecule has 4 nitrogen and oxygen atoms in total. The molecule has 156 valence electrons. The minimum absolute atomic E-state index is 0.0514. The molecule has 30 heavy (non-hydrogen) atoms. The summed E-state index contributed by atoms with van der Waals surface area (Å²) in [6.07, 6.45) is -4.49. The molecule has 0 saturated heterocycles. The van der Waals surface area contributed by atoms with Gasteiger partial charge in [0.1, 0.15) is 6.61 Å². The Bertz CT molecular complexity index is 1000. The first-order chi connectivity index (χ1) is 14.4. The molecule has 7 heteroatoms. The fourth-order valence-electron chi connectivity index (χ4n) is 2.75. The molecule has 0 unspecified atom stereocenters. The summed E-state index contributed by atoms with van der Waals surface area (Å²) in [5.41, 5.74) is 0.395. The summed E-state index contributed by atoms with van der Waals surface area (Å²) in [6.45, 7) is 2.52. The first-order valence-electron chi connectivity index (χ1n) is 9.29. The van der Waals surface area contributed by atoms with Crippen LogP contribution in [0, 0.1) is 0 Å². The number of amides is 1. The zero-order valence-corrected chi connectivity index (χ0v) is 16.2. The van der Waals surface area contributed by atoms with Crippen molar-refractivity contribution < 1.29 is 27.4 Å². The van der Waals surface area contributed by atoms with E-state index in [1.165, 1.54) is 24.3 Å². The zero-order valence-electron chi connectivity index (χ0n) is 16.2. The number of rotatable bonds is 7. The lowest BCUT2D eigenvalue weighted by Gasteiger charge is -2.14. The summed E-state index contributed by atoms with van der Waals surface area (Å²) in [5.74, 6) is 0.295. The minimum Gasteiger partial charge on any atom is -0.490 e. The normalized spacial score (nSPS) is 11.1. The van der Waals surface area contributed by atoms with Gasteiger partial charge in [-0.1, -0.05) is 36.4 Å². The van der Waals surface area contributed by atoms with E-state index in [0.717, 1.165) is 17.7 Å². The molecule has 0 radical (unpaired) electrons. The second-order valence-corrected chi connectivity index (χ2v) is 6.40. The Morgan fingerprint density at radius 3 is 2.37 bits per heavy atom. The van der Waals surface area contributed by atoms with Crippen molar-refractivity contribution in [2.75, 3.05) is 11.9 Å². The molecule has 1 N–H and O–H groups in total. The number of carbonyl (C=O) groups is 1. The Labute approximate surface area is 172 Å². The number of ether oxygens (including phenoxy) is 2. The average Bonchev–Trinajstić information content (AvgIpc) is 2.73. The summed E-state index contributed by atoms with van der Waals surface area (Å²) in [6, 6.07) is 18.6. The third-order valence-electron chi connectivity index (χ3n) is 4.19. The predicted molar refractivity (Wildman–Crippen MR) is 108 cm³/mol. The number of benzene rings is 3. The molecular formula is C23H20F3NO3. The summed E-state index contributed by atoms with van der Waals surface area (Å²) >= 11 is 0. The van der Waals surface area contributed by atoms with Crippen LogP contribution < -0.4 is 14.8 Å². The summed E-state index contributed by atoms with van der Waals surface area (Å²) in [4.78, 5) is 12.6. The Morgan fingerprint density at radius 2 is 1.67 bits per heavy atom. The molecule has 0 aliphatic rings. The molecule has 3 rings (SSSR count). The van der Waals surface area contributed by atoms with Crippen LogP contribution in [-0.4, -0.2) is 12.5 Å². The van der Waals surface area contributed by atoms with Crippen LogP contribution in [0.5, 0.6) is 11.5 Å². The van der Waals surface area contributed by atoms with Crippen LogP contribution in [-0.2, 0) is 12.8 Å². The van der Waals surface area contributed by atoms with Gasteiger partial charge in [0.25, 0.3) is 5.91 Å². The molecule has 0 saturated carbocycles. The van der Waals surface area contributed by atoms with Crippen LogP contribution in [0.4, 0.5) is 18.9 Å². The lowest BCUT2D eigenvalue weighted by molar-refractivity contribution is -0.137. The Hall–Kier alpha value is -3.48. The van der Waals surface area contributed by atoms with Crippen molar-refractivity contribution in [3.63, 3.8) is 0 Å². The number of anilines is 1. The second-order valence-electron chi connectivity index (χ2n) is 6.40. The topological polar surface area (TPSA) is 47.6 Å². The maximum absolute atomic E-state index is 12.9. The molecule has 3 aromatic carbocycles. The van der Waals surface area contributed by atoms with Crippen molar-refractivity contribution in [1.29, 1.82) is 0 Å². The fraction of sp³-hybridized carbons (Fsp3) is 0.174. The van der Waals surface area contributed by atoms with Crippen molar-refractivity contribution >= 4 is 11.6 Å². The average molecular weight is 415 g/mol. The summed E-state index contributed by atoms with van der Waals surface area (Å²) < 4.78 is 50.0. The molecular weight excluding hydrogens is 395 g/mol. The molecule has 0 aliphatic carbocycles. The molecule has 0 aliphatic heterocycles. The standard InChI is InChI=1S/C23H20F3NO3/c1-2-29-20-12-11-17(13-21(20)30-15-16-7-4-3-5-8-16)22(28)27-19-10-6-9-18(14-19)23(24,25)26/h3-14H,2,15H2,1H3,(H,27,28). The minimum atomic E-state index is -4.49. The number of halogens is 3. The number of hydrogen-bond donors (Lipinski definition) is 1. The molecule has 0 spiro atoms. The SMILES string of the molecule is CCOc1ccc(C(=O)Nc2cccc(C(F)(F)F)c2)cc1OCc1ccccc1. The van der Waals surface area contributed by atoms with Gasteiger partial charge in [-0.3, -0.25) is 4.79 Å². The van der Waals surface area contributed by atoms with Gasteiger partial charge in [0, 0.05) is 11.3 Å². The van der Waals surface area contributed by atoms with Crippen LogP contribution in [0.15, 0.2) is 72.8 Å². The van der Waals surface area contributed by atoms with Crippen LogP contribution >= 0.6 is 0 Å². The van der Waals surface area contributed by atoms with Gasteiger partial charge in [0.2, 0.25) is 0 Å². The number of hydrogen-bond acceptors (Lipinski definition) is 3. The molecule has 0 bridgehead atoms. The first kappa shape index (κ1) is 21.2. The summed E-state index contributed by atoms with van der Waals surface area (Å²) in [7, 11) is 0. The van der Waals surface area contributed by atoms with Gasteiger partial charge in [-0.15, -0.1) is 0 Å². The van der Waals surface area contributed by atoms with E-state index in [9.17, 15) is 18.0 Å². The van der Waals surface area contributed by atoms with E-state index in [1.54, 1.807) is 6.07 Å². The number of nitrogens with one attached hydrogen (secondary N) is 1. The summed E-state index contributed by atoms with van der Waals surface area (Å²) in [5, 5.41) is 2.49. The van der Waals surface area contributed by atoms with Gasteiger partial charge in [0.15, 0.2) is 11.5 Å². The lowest BCUT2D eigenvalue weighted by Crippen LogP contribution is -2.13. The largest absolute Gasteiger partial charge is 0.490 e. The van der Waals surface area contributed by atoms with E-state index in [-0.39, 0.29) is 17.9 Å². The number of alkyl halides is 3. The fourth-order valence-corrected chi connectivity index (χ4v) is 2.75. The Morgan fingerprint density at radius 1 is 0.900 bits per heavy atom.